The van der Waals surface area contributed by atoms with E-state index < -0.39 is 0 Å². The molecule has 1 saturated heterocycles. The fourth-order valence-corrected chi connectivity index (χ4v) is 1.94. The summed E-state index contributed by atoms with van der Waals surface area (Å²) < 4.78 is 0. The highest BCUT2D eigenvalue weighted by Gasteiger charge is 2.24. The molecule has 5 heteroatoms. The van der Waals surface area contributed by atoms with E-state index in [1.807, 2.05) is 0 Å². The molecule has 12 heavy (non-hydrogen) atoms. The van der Waals surface area contributed by atoms with Crippen LogP contribution in [-0.4, -0.2) is 36.4 Å². The standard InChI is InChI=1S/C7H12N2O2S/c1-8-6(10)4-9-5-2-3-12-7(5)11/h5,9H,2-4H2,1H3,(H,8,10). The summed E-state index contributed by atoms with van der Waals surface area (Å²) in [5.41, 5.74) is 0. The number of hydrogen-bond donors (Lipinski definition) is 2. The lowest BCUT2D eigenvalue weighted by Gasteiger charge is -2.07. The molecule has 1 amide bonds. The molecule has 0 aromatic carbocycles. The molecule has 1 rings (SSSR count). The van der Waals surface area contributed by atoms with Crippen molar-refractivity contribution >= 4 is 22.8 Å². The lowest BCUT2D eigenvalue weighted by molar-refractivity contribution is -0.120. The van der Waals surface area contributed by atoms with E-state index in [1.165, 1.54) is 11.8 Å². The third-order valence-corrected chi connectivity index (χ3v) is 2.73. The summed E-state index contributed by atoms with van der Waals surface area (Å²) in [6.07, 6.45) is 0.834. The zero-order valence-corrected chi connectivity index (χ0v) is 7.74. The number of amides is 1. The van der Waals surface area contributed by atoms with Crippen molar-refractivity contribution in [3.05, 3.63) is 0 Å². The Bertz CT molecular complexity index is 196. The van der Waals surface area contributed by atoms with Gasteiger partial charge in [0, 0.05) is 12.8 Å². The molecule has 1 aliphatic rings. The van der Waals surface area contributed by atoms with Crippen LogP contribution in [0.4, 0.5) is 0 Å². The second-order valence-corrected chi connectivity index (χ2v) is 3.66. The van der Waals surface area contributed by atoms with Crippen molar-refractivity contribution in [1.29, 1.82) is 0 Å². The van der Waals surface area contributed by atoms with Crippen molar-refractivity contribution in [2.24, 2.45) is 0 Å². The first kappa shape index (κ1) is 9.54. The van der Waals surface area contributed by atoms with E-state index in [0.29, 0.717) is 0 Å². The van der Waals surface area contributed by atoms with Crippen LogP contribution in [0, 0.1) is 0 Å². The lowest BCUT2D eigenvalue weighted by atomic mass is 10.2. The molecule has 1 unspecified atom stereocenters. The zero-order valence-electron chi connectivity index (χ0n) is 6.92. The molecule has 1 aliphatic heterocycles. The van der Waals surface area contributed by atoms with Crippen molar-refractivity contribution in [2.75, 3.05) is 19.3 Å². The molecule has 0 radical (unpaired) electrons. The molecule has 1 fully saturated rings. The first-order chi connectivity index (χ1) is 5.74. The van der Waals surface area contributed by atoms with E-state index >= 15 is 0 Å². The summed E-state index contributed by atoms with van der Waals surface area (Å²) in [6.45, 7) is 0.230. The molecule has 0 bridgehead atoms. The van der Waals surface area contributed by atoms with Gasteiger partial charge in [-0.1, -0.05) is 11.8 Å². The topological polar surface area (TPSA) is 58.2 Å². The highest BCUT2D eigenvalue weighted by Crippen LogP contribution is 2.18. The van der Waals surface area contributed by atoms with Gasteiger partial charge in [-0.2, -0.15) is 0 Å². The third-order valence-electron chi connectivity index (χ3n) is 1.72. The average Bonchev–Trinajstić information content (AvgIpc) is 2.47. The van der Waals surface area contributed by atoms with Crippen LogP contribution in [0.2, 0.25) is 0 Å². The maximum absolute atomic E-state index is 11.0. The number of likely N-dealkylation sites (N-methyl/N-ethyl adjacent to an activating group) is 1. The van der Waals surface area contributed by atoms with Gasteiger partial charge in [0.15, 0.2) is 0 Å². The van der Waals surface area contributed by atoms with E-state index in [2.05, 4.69) is 10.6 Å². The summed E-state index contributed by atoms with van der Waals surface area (Å²) in [6, 6.07) is -0.118. The maximum Gasteiger partial charge on any atom is 0.233 e. The molecule has 0 aliphatic carbocycles. The van der Waals surface area contributed by atoms with Gasteiger partial charge in [-0.25, -0.2) is 0 Å². The Labute approximate surface area is 75.5 Å². The van der Waals surface area contributed by atoms with Gasteiger partial charge in [-0.05, 0) is 6.42 Å². The molecule has 68 valence electrons. The predicted octanol–water partition coefficient (Wildman–Crippen LogP) is -0.646. The van der Waals surface area contributed by atoms with Crippen LogP contribution in [0.1, 0.15) is 6.42 Å². The SMILES string of the molecule is CNC(=O)CNC1CCSC1=O. The number of rotatable bonds is 3. The Morgan fingerprint density at radius 3 is 3.00 bits per heavy atom. The van der Waals surface area contributed by atoms with Gasteiger partial charge in [0.2, 0.25) is 11.0 Å². The largest absolute Gasteiger partial charge is 0.358 e. The lowest BCUT2D eigenvalue weighted by Crippen LogP contribution is -2.39. The van der Waals surface area contributed by atoms with Crippen LogP contribution >= 0.6 is 11.8 Å². The molecule has 0 aromatic heterocycles. The zero-order chi connectivity index (χ0) is 8.97. The molecule has 0 saturated carbocycles. The highest BCUT2D eigenvalue weighted by atomic mass is 32.2. The van der Waals surface area contributed by atoms with Crippen molar-refractivity contribution in [2.45, 2.75) is 12.5 Å². The van der Waals surface area contributed by atoms with Crippen LogP contribution in [-0.2, 0) is 9.59 Å². The Morgan fingerprint density at radius 1 is 1.75 bits per heavy atom. The van der Waals surface area contributed by atoms with Crippen LogP contribution in [0.3, 0.4) is 0 Å². The van der Waals surface area contributed by atoms with Crippen molar-refractivity contribution < 1.29 is 9.59 Å². The van der Waals surface area contributed by atoms with Crippen molar-refractivity contribution in [3.63, 3.8) is 0 Å². The molecule has 0 spiro atoms. The molecular weight excluding hydrogens is 176 g/mol. The van der Waals surface area contributed by atoms with Gasteiger partial charge in [-0.15, -0.1) is 0 Å². The third kappa shape index (κ3) is 2.49. The number of nitrogens with one attached hydrogen (secondary N) is 2. The first-order valence-corrected chi connectivity index (χ1v) is 4.83. The Hall–Kier alpha value is -0.550. The van der Waals surface area contributed by atoms with E-state index in [4.69, 9.17) is 0 Å². The van der Waals surface area contributed by atoms with Crippen LogP contribution in [0.5, 0.6) is 0 Å². The predicted molar refractivity (Wildman–Crippen MR) is 47.9 cm³/mol. The minimum atomic E-state index is -0.118. The van der Waals surface area contributed by atoms with Crippen LogP contribution < -0.4 is 10.6 Å². The Balaban J connectivity index is 2.22. The van der Waals surface area contributed by atoms with Crippen molar-refractivity contribution in [3.8, 4) is 0 Å². The highest BCUT2D eigenvalue weighted by molar-refractivity contribution is 8.14. The number of carbonyl (C=O) groups is 2. The maximum atomic E-state index is 11.0. The fraction of sp³-hybridized carbons (Fsp3) is 0.714. The van der Waals surface area contributed by atoms with Gasteiger partial charge < -0.3 is 5.32 Å². The smallest absolute Gasteiger partial charge is 0.233 e. The summed E-state index contributed by atoms with van der Waals surface area (Å²) in [4.78, 5) is 21.8. The van der Waals surface area contributed by atoms with Gasteiger partial charge in [-0.3, -0.25) is 14.9 Å². The van der Waals surface area contributed by atoms with Gasteiger partial charge in [0.05, 0.1) is 12.6 Å². The van der Waals surface area contributed by atoms with Crippen molar-refractivity contribution in [1.82, 2.24) is 10.6 Å². The number of carbonyl (C=O) groups excluding carboxylic acids is 2. The van der Waals surface area contributed by atoms with E-state index in [1.54, 1.807) is 7.05 Å². The van der Waals surface area contributed by atoms with E-state index in [9.17, 15) is 9.59 Å². The fourth-order valence-electron chi connectivity index (χ4n) is 0.985. The molecule has 4 nitrogen and oxygen atoms in total. The molecular formula is C7H12N2O2S. The summed E-state index contributed by atoms with van der Waals surface area (Å²) in [5.74, 6) is 0.782. The number of hydrogen-bond acceptors (Lipinski definition) is 4. The normalized spacial score (nSPS) is 22.8. The summed E-state index contributed by atoms with van der Waals surface area (Å²) in [5, 5.41) is 5.54. The molecule has 0 aromatic rings. The van der Waals surface area contributed by atoms with Gasteiger partial charge in [0.25, 0.3) is 0 Å². The quantitative estimate of drug-likeness (QED) is 0.618. The van der Waals surface area contributed by atoms with E-state index in [-0.39, 0.29) is 23.6 Å². The van der Waals surface area contributed by atoms with Crippen LogP contribution in [0.25, 0.3) is 0 Å². The first-order valence-electron chi connectivity index (χ1n) is 3.84. The minimum Gasteiger partial charge on any atom is -0.358 e. The minimum absolute atomic E-state index is 0.0836. The second kappa shape index (κ2) is 4.47. The number of thioether (sulfide) groups is 1. The monoisotopic (exact) mass is 188 g/mol. The summed E-state index contributed by atoms with van der Waals surface area (Å²) in [7, 11) is 1.58. The Kier molecular flexibility index (Phi) is 3.55. The Morgan fingerprint density at radius 2 is 2.50 bits per heavy atom. The second-order valence-electron chi connectivity index (χ2n) is 2.56. The molecule has 1 atom stereocenters. The van der Waals surface area contributed by atoms with Crippen LogP contribution in [0.15, 0.2) is 0 Å². The molecule has 2 N–H and O–H groups in total. The summed E-state index contributed by atoms with van der Waals surface area (Å²) >= 11 is 1.33. The molecule has 1 heterocycles. The van der Waals surface area contributed by atoms with Gasteiger partial charge in [0.1, 0.15) is 0 Å². The van der Waals surface area contributed by atoms with E-state index in [0.717, 1.165) is 12.2 Å². The average molecular weight is 188 g/mol. The van der Waals surface area contributed by atoms with Gasteiger partial charge >= 0.3 is 0 Å².